The van der Waals surface area contributed by atoms with E-state index in [4.69, 9.17) is 14.5 Å². The Hall–Kier alpha value is -2.91. The van der Waals surface area contributed by atoms with Gasteiger partial charge in [0, 0.05) is 12.3 Å². The molecule has 3 aromatic rings. The van der Waals surface area contributed by atoms with Gasteiger partial charge in [0.05, 0.1) is 47.2 Å². The highest BCUT2D eigenvalue weighted by Gasteiger charge is 2.28. The van der Waals surface area contributed by atoms with Crippen molar-refractivity contribution in [2.24, 2.45) is 0 Å². The van der Waals surface area contributed by atoms with E-state index < -0.39 is 11.2 Å². The van der Waals surface area contributed by atoms with Gasteiger partial charge in [-0.05, 0) is 51.3 Å². The van der Waals surface area contributed by atoms with Crippen molar-refractivity contribution in [3.05, 3.63) is 57.1 Å². The van der Waals surface area contributed by atoms with E-state index in [-0.39, 0.29) is 17.4 Å². The van der Waals surface area contributed by atoms with Gasteiger partial charge in [-0.2, -0.15) is 0 Å². The molecule has 8 nitrogen and oxygen atoms in total. The molecule has 1 aliphatic heterocycles. The Balaban J connectivity index is 1.68. The first-order chi connectivity index (χ1) is 15.8. The molecule has 0 radical (unpaired) electrons. The molecule has 0 spiro atoms. The molecule has 33 heavy (non-hydrogen) atoms. The summed E-state index contributed by atoms with van der Waals surface area (Å²) < 4.78 is 12.2. The van der Waals surface area contributed by atoms with Crippen LogP contribution < -0.4 is 5.56 Å². The zero-order valence-electron chi connectivity index (χ0n) is 19.1. The van der Waals surface area contributed by atoms with E-state index in [1.165, 1.54) is 18.9 Å². The number of aromatic nitrogens is 3. The van der Waals surface area contributed by atoms with E-state index in [1.54, 1.807) is 37.5 Å². The van der Waals surface area contributed by atoms with Crippen LogP contribution in [-0.4, -0.2) is 51.4 Å². The van der Waals surface area contributed by atoms with E-state index >= 15 is 0 Å². The summed E-state index contributed by atoms with van der Waals surface area (Å²) in [6.45, 7) is 6.32. The lowest BCUT2D eigenvalue weighted by Gasteiger charge is -2.18. The van der Waals surface area contributed by atoms with Gasteiger partial charge in [-0.25, -0.2) is 9.78 Å². The number of H-pyrrole nitrogens is 1. The fraction of sp³-hybridized carbons (Fsp3) is 0.417. The van der Waals surface area contributed by atoms with Gasteiger partial charge in [0.15, 0.2) is 10.9 Å². The molecular weight excluding hydrogens is 442 g/mol. The Morgan fingerprint density at radius 1 is 1.33 bits per heavy atom. The number of carbonyl (C=O) groups is 2. The fourth-order valence-corrected chi connectivity index (χ4v) is 5.19. The Morgan fingerprint density at radius 3 is 2.79 bits per heavy atom. The summed E-state index contributed by atoms with van der Waals surface area (Å²) in [7, 11) is 1.31. The average molecular weight is 470 g/mol. The molecule has 1 aliphatic rings. The summed E-state index contributed by atoms with van der Waals surface area (Å²) >= 11 is 1.23. The van der Waals surface area contributed by atoms with Crippen LogP contribution in [-0.2, 0) is 16.0 Å². The predicted octanol–water partition coefficient (Wildman–Crippen LogP) is 3.67. The Labute approximate surface area is 195 Å². The van der Waals surface area contributed by atoms with Crippen LogP contribution in [0.2, 0.25) is 0 Å². The number of nitrogens with zero attached hydrogens (tertiary/aromatic N) is 2. The molecule has 2 aromatic heterocycles. The highest BCUT2D eigenvalue weighted by molar-refractivity contribution is 8.00. The maximum absolute atomic E-state index is 13.3. The van der Waals surface area contributed by atoms with Gasteiger partial charge in [-0.15, -0.1) is 0 Å². The number of nitrogens with one attached hydrogen (secondary N) is 1. The summed E-state index contributed by atoms with van der Waals surface area (Å²) in [6.07, 6.45) is 1.80. The number of fused-ring (bicyclic) bond motifs is 1. The van der Waals surface area contributed by atoms with Crippen molar-refractivity contribution in [1.29, 1.82) is 0 Å². The van der Waals surface area contributed by atoms with Crippen LogP contribution in [0.4, 0.5) is 0 Å². The predicted molar refractivity (Wildman–Crippen MR) is 126 cm³/mol. The summed E-state index contributed by atoms with van der Waals surface area (Å²) in [6, 6.07) is 7.21. The molecule has 174 valence electrons. The minimum Gasteiger partial charge on any atom is -0.465 e. The van der Waals surface area contributed by atoms with Crippen LogP contribution in [0.25, 0.3) is 10.9 Å². The van der Waals surface area contributed by atoms with Gasteiger partial charge in [-0.1, -0.05) is 23.9 Å². The second kappa shape index (κ2) is 9.52. The minimum atomic E-state index is -0.545. The van der Waals surface area contributed by atoms with Gasteiger partial charge in [0.25, 0.3) is 5.56 Å². The molecule has 9 heteroatoms. The van der Waals surface area contributed by atoms with Crippen molar-refractivity contribution in [2.75, 3.05) is 13.7 Å². The number of para-hydroxylation sites is 1. The number of aryl methyl sites for hydroxylation is 1. The molecule has 1 saturated heterocycles. The molecule has 0 saturated carbocycles. The summed E-state index contributed by atoms with van der Waals surface area (Å²) in [5.41, 5.74) is 2.32. The average Bonchev–Trinajstić information content (AvgIpc) is 3.42. The van der Waals surface area contributed by atoms with E-state index in [2.05, 4.69) is 4.98 Å². The van der Waals surface area contributed by atoms with Crippen LogP contribution in [0.3, 0.4) is 0 Å². The number of hydrogen-bond acceptors (Lipinski definition) is 7. The number of ketones is 1. The minimum absolute atomic E-state index is 0.0491. The maximum atomic E-state index is 13.3. The van der Waals surface area contributed by atoms with E-state index in [0.29, 0.717) is 51.7 Å². The Bertz CT molecular complexity index is 1270. The second-order valence-corrected chi connectivity index (χ2v) is 9.51. The first-order valence-corrected chi connectivity index (χ1v) is 11.8. The zero-order chi connectivity index (χ0) is 23.7. The van der Waals surface area contributed by atoms with E-state index in [0.717, 1.165) is 12.8 Å². The molecular formula is C24H27N3O5S. The number of hydrogen-bond donors (Lipinski definition) is 1. The number of carbonyl (C=O) groups excluding carboxylic acids is 2. The first-order valence-electron chi connectivity index (χ1n) is 10.9. The number of thioether (sulfide) groups is 1. The molecule has 0 amide bonds. The van der Waals surface area contributed by atoms with Crippen LogP contribution in [0.5, 0.6) is 0 Å². The van der Waals surface area contributed by atoms with E-state index in [9.17, 15) is 14.4 Å². The largest absolute Gasteiger partial charge is 0.465 e. The van der Waals surface area contributed by atoms with Crippen LogP contribution >= 0.6 is 11.8 Å². The number of benzene rings is 1. The Morgan fingerprint density at radius 2 is 2.09 bits per heavy atom. The number of esters is 1. The summed E-state index contributed by atoms with van der Waals surface area (Å²) in [5.74, 6) is -0.663. The number of rotatable bonds is 7. The van der Waals surface area contributed by atoms with Gasteiger partial charge in [0.2, 0.25) is 0 Å². The van der Waals surface area contributed by atoms with Gasteiger partial charge in [-0.3, -0.25) is 14.2 Å². The lowest BCUT2D eigenvalue weighted by molar-refractivity contribution is 0.0599. The molecule has 1 fully saturated rings. The molecule has 3 heterocycles. The third-order valence-electron chi connectivity index (χ3n) is 5.96. The van der Waals surface area contributed by atoms with Gasteiger partial charge < -0.3 is 14.5 Å². The van der Waals surface area contributed by atoms with Crippen molar-refractivity contribution in [3.63, 3.8) is 0 Å². The quantitative estimate of drug-likeness (QED) is 0.244. The highest BCUT2D eigenvalue weighted by atomic mass is 32.2. The standard InChI is InChI=1S/C24H27N3O5S/c1-13-19(23(30)31-4)14(2)25-20(13)21(28)15(3)33-24-26-18-10-6-5-9-17(18)22(29)27(24)12-16-8-7-11-32-16/h5-6,9-10,15-16,25H,7-8,11-12H2,1-4H3/t15-,16+/m0/s1. The SMILES string of the molecule is COC(=O)c1c(C)[nH]c(C(=O)[C@H](C)Sc2nc3ccccc3c(=O)n2C[C@H]2CCCO2)c1C. The second-order valence-electron chi connectivity index (χ2n) is 8.20. The van der Waals surface area contributed by atoms with Crippen LogP contribution in [0.15, 0.2) is 34.2 Å². The lowest BCUT2D eigenvalue weighted by Crippen LogP contribution is -2.29. The number of methoxy groups -OCH3 is 1. The van der Waals surface area contributed by atoms with Crippen molar-refractivity contribution in [2.45, 2.75) is 56.7 Å². The monoisotopic (exact) mass is 469 g/mol. The van der Waals surface area contributed by atoms with Gasteiger partial charge >= 0.3 is 5.97 Å². The normalized spacial score (nSPS) is 16.8. The van der Waals surface area contributed by atoms with Crippen molar-refractivity contribution in [1.82, 2.24) is 14.5 Å². The summed E-state index contributed by atoms with van der Waals surface area (Å²) in [5, 5.41) is 0.470. The third-order valence-corrected chi connectivity index (χ3v) is 7.05. The number of aromatic amines is 1. The lowest BCUT2D eigenvalue weighted by atomic mass is 10.1. The van der Waals surface area contributed by atoms with Crippen LogP contribution in [0, 0.1) is 13.8 Å². The fourth-order valence-electron chi connectivity index (χ4n) is 4.21. The number of ether oxygens (including phenoxy) is 2. The van der Waals surface area contributed by atoms with Gasteiger partial charge in [0.1, 0.15) is 0 Å². The third kappa shape index (κ3) is 4.47. The van der Waals surface area contributed by atoms with Crippen molar-refractivity contribution < 1.29 is 19.1 Å². The maximum Gasteiger partial charge on any atom is 0.339 e. The molecule has 0 aliphatic carbocycles. The molecule has 1 N–H and O–H groups in total. The zero-order valence-corrected chi connectivity index (χ0v) is 20.0. The highest BCUT2D eigenvalue weighted by Crippen LogP contribution is 2.28. The Kier molecular flexibility index (Phi) is 6.71. The topological polar surface area (TPSA) is 103 Å². The van der Waals surface area contributed by atoms with Crippen molar-refractivity contribution in [3.8, 4) is 0 Å². The first kappa shape index (κ1) is 23.3. The molecule has 4 rings (SSSR count). The molecule has 1 aromatic carbocycles. The van der Waals surface area contributed by atoms with E-state index in [1.807, 2.05) is 12.1 Å². The number of Topliss-reactive ketones (excluding diaryl/α,β-unsaturated/α-hetero) is 1. The molecule has 0 unspecified atom stereocenters. The molecule has 2 atom stereocenters. The summed E-state index contributed by atoms with van der Waals surface area (Å²) in [4.78, 5) is 46.4. The van der Waals surface area contributed by atoms with Crippen molar-refractivity contribution >= 4 is 34.4 Å². The molecule has 0 bridgehead atoms. The smallest absolute Gasteiger partial charge is 0.339 e. The van der Waals surface area contributed by atoms with Crippen LogP contribution in [0.1, 0.15) is 51.9 Å².